The van der Waals surface area contributed by atoms with Crippen LogP contribution >= 0.6 is 0 Å². The first kappa shape index (κ1) is 29.6. The molecule has 0 saturated carbocycles. The molecule has 0 aliphatic carbocycles. The molecule has 3 saturated heterocycles. The molecular formula is C32H50N4O3. The second-order valence-corrected chi connectivity index (χ2v) is 12.6. The van der Waals surface area contributed by atoms with Crippen LogP contribution in [0.1, 0.15) is 97.5 Å². The minimum atomic E-state index is -0.647. The summed E-state index contributed by atoms with van der Waals surface area (Å²) < 4.78 is 0. The first-order chi connectivity index (χ1) is 18.7. The fourth-order valence-electron chi connectivity index (χ4n) is 7.18. The van der Waals surface area contributed by atoms with E-state index >= 15 is 0 Å². The van der Waals surface area contributed by atoms with Crippen LogP contribution in [0.3, 0.4) is 0 Å². The summed E-state index contributed by atoms with van der Waals surface area (Å²) in [5.41, 5.74) is 3.42. The van der Waals surface area contributed by atoms with Gasteiger partial charge in [0.2, 0.25) is 17.7 Å². The number of rotatable bonds is 10. The fourth-order valence-corrected chi connectivity index (χ4v) is 7.18. The minimum Gasteiger partial charge on any atom is -0.371 e. The van der Waals surface area contributed by atoms with Crippen molar-refractivity contribution in [1.82, 2.24) is 10.2 Å². The summed E-state index contributed by atoms with van der Waals surface area (Å²) in [5.74, 6) is -0.0180. The second-order valence-electron chi connectivity index (χ2n) is 12.6. The number of benzene rings is 1. The van der Waals surface area contributed by atoms with Crippen molar-refractivity contribution in [3.05, 3.63) is 23.8 Å². The second kappa shape index (κ2) is 12.8. The predicted molar refractivity (Wildman–Crippen MR) is 158 cm³/mol. The predicted octanol–water partition coefficient (Wildman–Crippen LogP) is 5.44. The van der Waals surface area contributed by atoms with Gasteiger partial charge in [0.05, 0.1) is 0 Å². The lowest BCUT2D eigenvalue weighted by molar-refractivity contribution is -0.135. The van der Waals surface area contributed by atoms with Gasteiger partial charge in [-0.3, -0.25) is 29.5 Å². The number of amides is 3. The molecule has 4 rings (SSSR count). The number of imide groups is 1. The first-order valence-corrected chi connectivity index (χ1v) is 15.4. The van der Waals surface area contributed by atoms with E-state index in [0.29, 0.717) is 17.9 Å². The van der Waals surface area contributed by atoms with Gasteiger partial charge in [0.25, 0.3) is 0 Å². The molecule has 3 aliphatic rings. The van der Waals surface area contributed by atoms with Crippen LogP contribution < -0.4 is 15.1 Å². The Bertz CT molecular complexity index is 1030. The Hall–Kier alpha value is -2.41. The number of anilines is 2. The zero-order chi connectivity index (χ0) is 28.2. The van der Waals surface area contributed by atoms with Crippen molar-refractivity contribution < 1.29 is 14.4 Å². The molecule has 3 atom stereocenters. The quantitative estimate of drug-likeness (QED) is 0.402. The van der Waals surface area contributed by atoms with E-state index in [-0.39, 0.29) is 18.2 Å². The molecule has 216 valence electrons. The summed E-state index contributed by atoms with van der Waals surface area (Å²) in [5, 5.41) is 2.39. The molecule has 39 heavy (non-hydrogen) atoms. The third-order valence-electron chi connectivity index (χ3n) is 9.76. The van der Waals surface area contributed by atoms with Crippen LogP contribution in [0.4, 0.5) is 11.4 Å². The number of carbonyl (C=O) groups excluding carboxylic acids is 3. The Morgan fingerprint density at radius 2 is 1.87 bits per heavy atom. The smallest absolute Gasteiger partial charge is 0.249 e. The maximum absolute atomic E-state index is 12.6. The van der Waals surface area contributed by atoms with Gasteiger partial charge < -0.3 is 4.90 Å². The number of carbonyl (C=O) groups is 3. The van der Waals surface area contributed by atoms with E-state index in [1.54, 1.807) is 4.90 Å². The molecule has 3 aliphatic heterocycles. The molecule has 1 aromatic carbocycles. The van der Waals surface area contributed by atoms with Crippen LogP contribution in [0.2, 0.25) is 0 Å². The van der Waals surface area contributed by atoms with Crippen molar-refractivity contribution >= 4 is 29.1 Å². The molecule has 1 N–H and O–H groups in total. The molecule has 3 unspecified atom stereocenters. The highest BCUT2D eigenvalue weighted by atomic mass is 16.2. The molecule has 0 spiro atoms. The summed E-state index contributed by atoms with van der Waals surface area (Å²) in [6, 6.07) is 6.23. The Morgan fingerprint density at radius 3 is 2.49 bits per heavy atom. The maximum Gasteiger partial charge on any atom is 0.249 e. The number of nitrogens with one attached hydrogen (secondary N) is 1. The number of likely N-dealkylation sites (tertiary alicyclic amines) is 1. The van der Waals surface area contributed by atoms with Crippen LogP contribution in [0, 0.1) is 18.3 Å². The number of hydrogen-bond acceptors (Lipinski definition) is 5. The summed E-state index contributed by atoms with van der Waals surface area (Å²) in [6.45, 7) is 15.2. The molecule has 0 bridgehead atoms. The molecular weight excluding hydrogens is 488 g/mol. The van der Waals surface area contributed by atoms with Crippen LogP contribution in [0.5, 0.6) is 0 Å². The topological polar surface area (TPSA) is 73.0 Å². The van der Waals surface area contributed by atoms with Gasteiger partial charge in [-0.05, 0) is 87.1 Å². The van der Waals surface area contributed by atoms with Gasteiger partial charge in [0.15, 0.2) is 0 Å². The molecule has 0 aromatic heterocycles. The van der Waals surface area contributed by atoms with Crippen molar-refractivity contribution in [2.24, 2.45) is 11.3 Å². The van der Waals surface area contributed by atoms with E-state index in [1.165, 1.54) is 77.1 Å². The average Bonchev–Trinajstić information content (AvgIpc) is 3.34. The van der Waals surface area contributed by atoms with Gasteiger partial charge in [0, 0.05) is 50.4 Å². The highest BCUT2D eigenvalue weighted by Crippen LogP contribution is 2.42. The fraction of sp³-hybridized carbons (Fsp3) is 0.719. The molecule has 1 aromatic rings. The third kappa shape index (κ3) is 6.85. The molecule has 7 nitrogen and oxygen atoms in total. The Morgan fingerprint density at radius 1 is 1.13 bits per heavy atom. The Kier molecular flexibility index (Phi) is 9.73. The lowest BCUT2D eigenvalue weighted by Gasteiger charge is -2.39. The Labute approximate surface area is 235 Å². The van der Waals surface area contributed by atoms with Crippen molar-refractivity contribution in [3.8, 4) is 0 Å². The van der Waals surface area contributed by atoms with Gasteiger partial charge in [-0.25, -0.2) is 0 Å². The average molecular weight is 539 g/mol. The molecule has 3 heterocycles. The molecule has 0 radical (unpaired) electrons. The standard InChI is InChI=1S/C32H50N4O3/c1-6-15-32(16-12-23(3)7-2)17-20-35(22-32)26-13-18-34(19-14-26)27-8-9-28(24(4)21-27)36(25(5)37)29-10-11-30(38)33-31(29)39/h8-9,21,23,26,29H,6-7,10-20,22H2,1-5H3,(H,33,38,39). The van der Waals surface area contributed by atoms with E-state index in [2.05, 4.69) is 48.0 Å². The van der Waals surface area contributed by atoms with Gasteiger partial charge in [-0.2, -0.15) is 0 Å². The summed E-state index contributed by atoms with van der Waals surface area (Å²) in [6.07, 6.45) is 11.0. The van der Waals surface area contributed by atoms with E-state index in [9.17, 15) is 14.4 Å². The summed E-state index contributed by atoms with van der Waals surface area (Å²) >= 11 is 0. The first-order valence-electron chi connectivity index (χ1n) is 15.4. The van der Waals surface area contributed by atoms with Crippen LogP contribution in [0.25, 0.3) is 0 Å². The van der Waals surface area contributed by atoms with Gasteiger partial charge in [-0.15, -0.1) is 0 Å². The van der Waals surface area contributed by atoms with E-state index in [1.807, 2.05) is 13.0 Å². The van der Waals surface area contributed by atoms with Crippen molar-refractivity contribution in [3.63, 3.8) is 0 Å². The normalized spacial score (nSPS) is 25.6. The molecule has 7 heteroatoms. The van der Waals surface area contributed by atoms with Gasteiger partial charge >= 0.3 is 0 Å². The number of aryl methyl sites for hydroxylation is 1. The lowest BCUT2D eigenvalue weighted by Crippen LogP contribution is -2.54. The van der Waals surface area contributed by atoms with Crippen molar-refractivity contribution in [2.75, 3.05) is 36.0 Å². The lowest BCUT2D eigenvalue weighted by atomic mass is 9.76. The highest BCUT2D eigenvalue weighted by Gasteiger charge is 2.40. The van der Waals surface area contributed by atoms with Crippen LogP contribution in [-0.2, 0) is 14.4 Å². The molecule has 3 fully saturated rings. The number of hydrogen-bond donors (Lipinski definition) is 1. The van der Waals surface area contributed by atoms with Crippen molar-refractivity contribution in [2.45, 2.75) is 111 Å². The van der Waals surface area contributed by atoms with Gasteiger partial charge in [0.1, 0.15) is 6.04 Å². The zero-order valence-corrected chi connectivity index (χ0v) is 24.9. The third-order valence-corrected chi connectivity index (χ3v) is 9.76. The molecule has 3 amide bonds. The van der Waals surface area contributed by atoms with Crippen molar-refractivity contribution in [1.29, 1.82) is 0 Å². The van der Waals surface area contributed by atoms with E-state index in [4.69, 9.17) is 0 Å². The maximum atomic E-state index is 12.6. The highest BCUT2D eigenvalue weighted by molar-refractivity contribution is 6.06. The monoisotopic (exact) mass is 538 g/mol. The van der Waals surface area contributed by atoms with E-state index < -0.39 is 11.9 Å². The Balaban J connectivity index is 1.37. The number of nitrogens with zero attached hydrogens (tertiary/aromatic N) is 3. The summed E-state index contributed by atoms with van der Waals surface area (Å²) in [7, 11) is 0. The van der Waals surface area contributed by atoms with E-state index in [0.717, 1.165) is 30.3 Å². The zero-order valence-electron chi connectivity index (χ0n) is 24.9. The largest absolute Gasteiger partial charge is 0.371 e. The number of piperidine rings is 2. The minimum absolute atomic E-state index is 0.185. The summed E-state index contributed by atoms with van der Waals surface area (Å²) in [4.78, 5) is 43.6. The SMILES string of the molecule is CCCC1(CCC(C)CC)CCN(C2CCN(c3ccc(N(C(C)=O)C4CCC(=O)NC4=O)c(C)c3)CC2)C1. The van der Waals surface area contributed by atoms with Gasteiger partial charge in [-0.1, -0.05) is 40.0 Å². The van der Waals surface area contributed by atoms with Crippen LogP contribution in [-0.4, -0.2) is 60.9 Å². The van der Waals surface area contributed by atoms with Crippen LogP contribution in [0.15, 0.2) is 18.2 Å².